The number of aromatic amines is 1. The predicted octanol–water partition coefficient (Wildman–Crippen LogP) is 5.29. The van der Waals surface area contributed by atoms with Gasteiger partial charge in [-0.05, 0) is 40.8 Å². The molecular weight excluding hydrogens is 508 g/mol. The van der Waals surface area contributed by atoms with Crippen molar-refractivity contribution in [3.05, 3.63) is 78.7 Å². The summed E-state index contributed by atoms with van der Waals surface area (Å²) in [5.74, 6) is -1.35. The minimum Gasteiger partial charge on any atom is -0.307 e. The van der Waals surface area contributed by atoms with Crippen LogP contribution >= 0.6 is 39.0 Å². The number of imide groups is 1. The third-order valence-corrected chi connectivity index (χ3v) is 8.97. The number of carbonyl (C=O) groups is 2. The van der Waals surface area contributed by atoms with E-state index in [1.54, 1.807) is 12.1 Å². The fourth-order valence-corrected chi connectivity index (χ4v) is 7.19. The molecule has 1 fully saturated rings. The number of aromatic nitrogens is 1. The number of nitrogens with zero attached hydrogens (tertiary/aromatic N) is 1. The molecule has 32 heavy (non-hydrogen) atoms. The molecule has 164 valence electrons. The molecule has 5 rings (SSSR count). The Morgan fingerprint density at radius 1 is 0.938 bits per heavy atom. The number of hydrogen-bond acceptors (Lipinski definition) is 5. The lowest BCUT2D eigenvalue weighted by Crippen LogP contribution is -2.32. The molecule has 2 aliphatic rings. The van der Waals surface area contributed by atoms with E-state index < -0.39 is 11.2 Å². The second kappa shape index (κ2) is 7.71. The molecular formula is C24H21BrN2O3S2. The van der Waals surface area contributed by atoms with Crippen molar-refractivity contribution in [2.45, 2.75) is 42.4 Å². The van der Waals surface area contributed by atoms with Gasteiger partial charge in [-0.1, -0.05) is 84.1 Å². The van der Waals surface area contributed by atoms with Gasteiger partial charge in [-0.25, -0.2) is 4.90 Å². The van der Waals surface area contributed by atoms with Crippen molar-refractivity contribution < 1.29 is 9.59 Å². The molecule has 2 aromatic carbocycles. The maximum atomic E-state index is 13.7. The van der Waals surface area contributed by atoms with E-state index in [1.165, 1.54) is 22.2 Å². The van der Waals surface area contributed by atoms with Gasteiger partial charge in [0.15, 0.2) is 0 Å². The summed E-state index contributed by atoms with van der Waals surface area (Å²) in [6.07, 6.45) is 0. The molecule has 8 heteroatoms. The van der Waals surface area contributed by atoms with Gasteiger partial charge in [0.05, 0.1) is 16.6 Å². The maximum Gasteiger partial charge on any atom is 0.305 e. The van der Waals surface area contributed by atoms with Crippen molar-refractivity contribution >= 4 is 56.5 Å². The number of benzene rings is 2. The van der Waals surface area contributed by atoms with E-state index in [4.69, 9.17) is 0 Å². The summed E-state index contributed by atoms with van der Waals surface area (Å²) in [5.41, 5.74) is 2.71. The highest BCUT2D eigenvalue weighted by Crippen LogP contribution is 2.53. The molecule has 0 spiro atoms. The van der Waals surface area contributed by atoms with E-state index in [9.17, 15) is 14.4 Å². The summed E-state index contributed by atoms with van der Waals surface area (Å²) >= 11 is 5.84. The lowest BCUT2D eigenvalue weighted by molar-refractivity contribution is -0.122. The fraction of sp³-hybridized carbons (Fsp3) is 0.292. The monoisotopic (exact) mass is 528 g/mol. The normalized spacial score (nSPS) is 22.8. The van der Waals surface area contributed by atoms with Gasteiger partial charge in [0, 0.05) is 15.3 Å². The average Bonchev–Trinajstić information content (AvgIpc) is 3.23. The van der Waals surface area contributed by atoms with Gasteiger partial charge in [0.1, 0.15) is 5.25 Å². The number of rotatable bonds is 2. The van der Waals surface area contributed by atoms with Crippen molar-refractivity contribution in [3.63, 3.8) is 0 Å². The number of nitrogens with one attached hydrogen (secondary N) is 1. The molecule has 0 aliphatic carbocycles. The van der Waals surface area contributed by atoms with Gasteiger partial charge in [-0.2, -0.15) is 0 Å². The molecule has 1 N–H and O–H groups in total. The molecule has 3 heterocycles. The van der Waals surface area contributed by atoms with Crippen LogP contribution in [0.1, 0.15) is 42.7 Å². The van der Waals surface area contributed by atoms with Crippen LogP contribution in [0.2, 0.25) is 0 Å². The topological polar surface area (TPSA) is 70.2 Å². The Labute approximate surface area is 202 Å². The summed E-state index contributed by atoms with van der Waals surface area (Å²) in [7, 11) is 0. The van der Waals surface area contributed by atoms with E-state index >= 15 is 0 Å². The zero-order valence-corrected chi connectivity index (χ0v) is 20.9. The summed E-state index contributed by atoms with van der Waals surface area (Å²) in [6.45, 7) is 6.46. The number of fused-ring (bicyclic) bond motifs is 2. The molecule has 2 amide bonds. The SMILES string of the molecule is CC(C)(C)c1ccc([C@H]2c3sc(=O)[nH]c3SC3C(=O)N(c4ccc(Br)cc4)C(=O)C32)cc1. The standard InChI is InChI=1S/C24H21BrN2O3S2/c1-24(2,3)13-6-4-12(5-7-13)16-17-19(31-20-18(16)32-23(30)26-20)22(29)27(21(17)28)15-10-8-14(25)9-11-15/h4-11,16-17,19H,1-3H3,(H,26,30)/t16-,17?,19?/m1/s1. The van der Waals surface area contributed by atoms with Crippen molar-refractivity contribution in [3.8, 4) is 0 Å². The predicted molar refractivity (Wildman–Crippen MR) is 132 cm³/mol. The van der Waals surface area contributed by atoms with Crippen LogP contribution < -0.4 is 9.77 Å². The minimum absolute atomic E-state index is 0.00503. The zero-order valence-electron chi connectivity index (χ0n) is 17.7. The molecule has 2 aliphatic heterocycles. The number of hydrogen-bond donors (Lipinski definition) is 1. The second-order valence-corrected chi connectivity index (χ2v) is 12.2. The largest absolute Gasteiger partial charge is 0.307 e. The Hall–Kier alpha value is -2.16. The van der Waals surface area contributed by atoms with Crippen LogP contribution in [0.25, 0.3) is 0 Å². The molecule has 2 unspecified atom stereocenters. The van der Waals surface area contributed by atoms with Gasteiger partial charge >= 0.3 is 4.87 Å². The molecule has 3 aromatic rings. The van der Waals surface area contributed by atoms with Crippen LogP contribution in [0.4, 0.5) is 5.69 Å². The lowest BCUT2D eigenvalue weighted by atomic mass is 9.81. The molecule has 5 nitrogen and oxygen atoms in total. The number of carbonyl (C=O) groups excluding carboxylic acids is 2. The van der Waals surface area contributed by atoms with Crippen LogP contribution in [0.15, 0.2) is 62.8 Å². The third-order valence-electron chi connectivity index (χ3n) is 6.04. The Balaban J connectivity index is 1.61. The highest BCUT2D eigenvalue weighted by molar-refractivity contribution is 9.10. The first-order chi connectivity index (χ1) is 15.1. The summed E-state index contributed by atoms with van der Waals surface area (Å²) in [6, 6.07) is 15.4. The number of anilines is 1. The van der Waals surface area contributed by atoms with E-state index in [0.29, 0.717) is 10.7 Å². The molecule has 1 saturated heterocycles. The van der Waals surface area contributed by atoms with E-state index in [0.717, 1.165) is 26.3 Å². The van der Waals surface area contributed by atoms with Gasteiger partial charge in [-0.15, -0.1) is 0 Å². The van der Waals surface area contributed by atoms with Gasteiger partial charge in [0.2, 0.25) is 11.8 Å². The molecule has 0 radical (unpaired) electrons. The third kappa shape index (κ3) is 3.49. The number of halogens is 1. The van der Waals surface area contributed by atoms with Crippen LogP contribution in [0.3, 0.4) is 0 Å². The van der Waals surface area contributed by atoms with E-state index in [2.05, 4.69) is 53.8 Å². The molecule has 3 atom stereocenters. The number of H-pyrrole nitrogens is 1. The smallest absolute Gasteiger partial charge is 0.305 e. The highest BCUT2D eigenvalue weighted by atomic mass is 79.9. The van der Waals surface area contributed by atoms with Gasteiger partial charge < -0.3 is 4.98 Å². The first-order valence-electron chi connectivity index (χ1n) is 10.3. The maximum absolute atomic E-state index is 13.7. The first-order valence-corrected chi connectivity index (χ1v) is 12.8. The fourth-order valence-electron chi connectivity index (χ4n) is 4.41. The van der Waals surface area contributed by atoms with Crippen molar-refractivity contribution in [1.29, 1.82) is 0 Å². The summed E-state index contributed by atoms with van der Waals surface area (Å²) in [4.78, 5) is 44.1. The Kier molecular flexibility index (Phi) is 5.22. The Morgan fingerprint density at radius 3 is 2.22 bits per heavy atom. The summed E-state index contributed by atoms with van der Waals surface area (Å²) in [5, 5.41) is 0.126. The van der Waals surface area contributed by atoms with Crippen LogP contribution in [0, 0.1) is 5.92 Å². The number of thioether (sulfide) groups is 1. The quantitative estimate of drug-likeness (QED) is 0.458. The van der Waals surface area contributed by atoms with Crippen LogP contribution in [-0.2, 0) is 15.0 Å². The first kappa shape index (κ1) is 21.7. The lowest BCUT2D eigenvalue weighted by Gasteiger charge is -2.30. The molecule has 0 bridgehead atoms. The molecule has 1 aromatic heterocycles. The van der Waals surface area contributed by atoms with E-state index in [-0.39, 0.29) is 28.0 Å². The average molecular weight is 529 g/mol. The Morgan fingerprint density at radius 2 is 1.59 bits per heavy atom. The van der Waals surface area contributed by atoms with E-state index in [1.807, 2.05) is 24.3 Å². The van der Waals surface area contributed by atoms with Crippen LogP contribution in [-0.4, -0.2) is 22.0 Å². The highest BCUT2D eigenvalue weighted by Gasteiger charge is 2.56. The van der Waals surface area contributed by atoms with Crippen molar-refractivity contribution in [1.82, 2.24) is 4.98 Å². The van der Waals surface area contributed by atoms with Crippen molar-refractivity contribution in [2.75, 3.05) is 4.90 Å². The zero-order chi connectivity index (χ0) is 22.8. The second-order valence-electron chi connectivity index (χ2n) is 9.11. The summed E-state index contributed by atoms with van der Waals surface area (Å²) < 4.78 is 0.878. The number of thiazole rings is 1. The van der Waals surface area contributed by atoms with Crippen molar-refractivity contribution in [2.24, 2.45) is 5.92 Å². The minimum atomic E-state index is -0.573. The van der Waals surface area contributed by atoms with Gasteiger partial charge in [-0.3, -0.25) is 14.4 Å². The Bertz CT molecular complexity index is 1270. The number of amides is 2. The van der Waals surface area contributed by atoms with Crippen LogP contribution in [0.5, 0.6) is 0 Å². The molecule has 0 saturated carbocycles. The van der Waals surface area contributed by atoms with Gasteiger partial charge in [0.25, 0.3) is 0 Å².